The van der Waals surface area contributed by atoms with Crippen molar-refractivity contribution < 1.29 is 9.47 Å². The standard InChI is InChI=1S/C16H25NO2/c1-5-18-16(3,4)11-17-10-14-9-13-8-12(2)6-7-15(13)19-14/h6-8,14,17H,5,9-11H2,1-4H3. The van der Waals surface area contributed by atoms with Crippen LogP contribution < -0.4 is 10.1 Å². The van der Waals surface area contributed by atoms with Gasteiger partial charge in [-0.1, -0.05) is 17.7 Å². The Hall–Kier alpha value is -1.06. The average Bonchev–Trinajstić information content (AvgIpc) is 2.70. The van der Waals surface area contributed by atoms with Gasteiger partial charge in [0.15, 0.2) is 0 Å². The van der Waals surface area contributed by atoms with E-state index in [1.165, 1.54) is 11.1 Å². The van der Waals surface area contributed by atoms with Gasteiger partial charge in [-0.15, -0.1) is 0 Å². The molecule has 0 saturated carbocycles. The highest BCUT2D eigenvalue weighted by Gasteiger charge is 2.24. The fraction of sp³-hybridized carbons (Fsp3) is 0.625. The minimum atomic E-state index is -0.114. The van der Waals surface area contributed by atoms with Crippen LogP contribution in [0.1, 0.15) is 31.9 Å². The van der Waals surface area contributed by atoms with Crippen molar-refractivity contribution in [2.45, 2.75) is 45.8 Å². The molecule has 1 unspecified atom stereocenters. The summed E-state index contributed by atoms with van der Waals surface area (Å²) in [5, 5.41) is 3.45. The van der Waals surface area contributed by atoms with E-state index in [2.05, 4.69) is 44.3 Å². The molecule has 19 heavy (non-hydrogen) atoms. The lowest BCUT2D eigenvalue weighted by Crippen LogP contribution is -2.41. The smallest absolute Gasteiger partial charge is 0.123 e. The third-order valence-electron chi connectivity index (χ3n) is 3.42. The molecule has 0 fully saturated rings. The Bertz CT molecular complexity index is 429. The zero-order valence-electron chi connectivity index (χ0n) is 12.5. The molecule has 0 amide bonds. The molecule has 0 radical (unpaired) electrons. The topological polar surface area (TPSA) is 30.5 Å². The maximum atomic E-state index is 5.93. The Balaban J connectivity index is 1.78. The van der Waals surface area contributed by atoms with Gasteiger partial charge in [-0.25, -0.2) is 0 Å². The number of benzene rings is 1. The Kier molecular flexibility index (Phi) is 4.48. The van der Waals surface area contributed by atoms with Crippen LogP contribution in [0.25, 0.3) is 0 Å². The highest BCUT2D eigenvalue weighted by Crippen LogP contribution is 2.29. The van der Waals surface area contributed by atoms with Crippen molar-refractivity contribution in [3.05, 3.63) is 29.3 Å². The molecule has 0 aliphatic carbocycles. The minimum absolute atomic E-state index is 0.114. The molecule has 1 aliphatic rings. The second kappa shape index (κ2) is 5.93. The first-order valence-corrected chi connectivity index (χ1v) is 7.11. The molecular formula is C16H25NO2. The third-order valence-corrected chi connectivity index (χ3v) is 3.42. The van der Waals surface area contributed by atoms with Crippen LogP contribution in [0.5, 0.6) is 5.75 Å². The number of fused-ring (bicyclic) bond motifs is 1. The van der Waals surface area contributed by atoms with Gasteiger partial charge >= 0.3 is 0 Å². The van der Waals surface area contributed by atoms with Gasteiger partial charge < -0.3 is 14.8 Å². The molecule has 0 bridgehead atoms. The Morgan fingerprint density at radius 2 is 2.21 bits per heavy atom. The normalized spacial score (nSPS) is 18.2. The molecule has 3 nitrogen and oxygen atoms in total. The largest absolute Gasteiger partial charge is 0.488 e. The Morgan fingerprint density at radius 1 is 1.42 bits per heavy atom. The van der Waals surface area contributed by atoms with Gasteiger partial charge in [0.05, 0.1) is 5.60 Å². The van der Waals surface area contributed by atoms with Crippen LogP contribution in [0, 0.1) is 6.92 Å². The van der Waals surface area contributed by atoms with E-state index in [9.17, 15) is 0 Å². The quantitative estimate of drug-likeness (QED) is 0.856. The minimum Gasteiger partial charge on any atom is -0.488 e. The number of nitrogens with one attached hydrogen (secondary N) is 1. The van der Waals surface area contributed by atoms with Gasteiger partial charge in [-0.2, -0.15) is 0 Å². The maximum absolute atomic E-state index is 5.93. The van der Waals surface area contributed by atoms with E-state index in [0.29, 0.717) is 0 Å². The van der Waals surface area contributed by atoms with Crippen molar-refractivity contribution in [3.8, 4) is 5.75 Å². The molecular weight excluding hydrogens is 238 g/mol. The molecule has 0 aromatic heterocycles. The summed E-state index contributed by atoms with van der Waals surface area (Å²) in [5.74, 6) is 1.04. The van der Waals surface area contributed by atoms with E-state index >= 15 is 0 Å². The molecule has 0 saturated heterocycles. The van der Waals surface area contributed by atoms with E-state index in [-0.39, 0.29) is 11.7 Å². The number of ether oxygens (including phenoxy) is 2. The second-order valence-corrected chi connectivity index (χ2v) is 5.88. The zero-order valence-corrected chi connectivity index (χ0v) is 12.5. The van der Waals surface area contributed by atoms with E-state index in [1.807, 2.05) is 6.92 Å². The van der Waals surface area contributed by atoms with E-state index in [4.69, 9.17) is 9.47 Å². The highest BCUT2D eigenvalue weighted by atomic mass is 16.5. The molecule has 0 spiro atoms. The van der Waals surface area contributed by atoms with Crippen LogP contribution in [-0.4, -0.2) is 31.4 Å². The number of hydrogen-bond donors (Lipinski definition) is 1. The lowest BCUT2D eigenvalue weighted by Gasteiger charge is -2.25. The van der Waals surface area contributed by atoms with E-state index in [0.717, 1.165) is 31.9 Å². The maximum Gasteiger partial charge on any atom is 0.123 e. The average molecular weight is 263 g/mol. The van der Waals surface area contributed by atoms with Gasteiger partial charge in [0, 0.05) is 26.1 Å². The molecule has 1 aromatic carbocycles. The fourth-order valence-corrected chi connectivity index (χ4v) is 2.54. The molecule has 1 aliphatic heterocycles. The van der Waals surface area contributed by atoms with Crippen LogP contribution in [0.2, 0.25) is 0 Å². The summed E-state index contributed by atoms with van der Waals surface area (Å²) in [7, 11) is 0. The third kappa shape index (κ3) is 3.95. The summed E-state index contributed by atoms with van der Waals surface area (Å²) in [4.78, 5) is 0. The van der Waals surface area contributed by atoms with E-state index in [1.54, 1.807) is 0 Å². The molecule has 1 atom stereocenters. The first-order valence-electron chi connectivity index (χ1n) is 7.11. The van der Waals surface area contributed by atoms with Crippen molar-refractivity contribution in [1.82, 2.24) is 5.32 Å². The summed E-state index contributed by atoms with van der Waals surface area (Å²) in [5.41, 5.74) is 2.51. The Labute approximate surface area is 116 Å². The summed E-state index contributed by atoms with van der Waals surface area (Å²) >= 11 is 0. The predicted molar refractivity (Wildman–Crippen MR) is 77.9 cm³/mol. The van der Waals surface area contributed by atoms with Crippen LogP contribution in [0.15, 0.2) is 18.2 Å². The summed E-state index contributed by atoms with van der Waals surface area (Å²) in [6.07, 6.45) is 1.24. The Morgan fingerprint density at radius 3 is 2.95 bits per heavy atom. The van der Waals surface area contributed by atoms with Crippen molar-refractivity contribution >= 4 is 0 Å². The number of rotatable bonds is 6. The molecule has 1 aromatic rings. The van der Waals surface area contributed by atoms with Crippen LogP contribution >= 0.6 is 0 Å². The second-order valence-electron chi connectivity index (χ2n) is 5.88. The number of aryl methyl sites for hydroxylation is 1. The summed E-state index contributed by atoms with van der Waals surface area (Å²) in [6.45, 7) is 10.8. The number of hydrogen-bond acceptors (Lipinski definition) is 3. The zero-order chi connectivity index (χ0) is 13.9. The summed E-state index contributed by atoms with van der Waals surface area (Å²) < 4.78 is 11.6. The SMILES string of the molecule is CCOC(C)(C)CNCC1Cc2cc(C)ccc2O1. The predicted octanol–water partition coefficient (Wildman–Crippen LogP) is 2.70. The van der Waals surface area contributed by atoms with Gasteiger partial charge in [0.2, 0.25) is 0 Å². The highest BCUT2D eigenvalue weighted by molar-refractivity contribution is 5.40. The van der Waals surface area contributed by atoms with Crippen molar-refractivity contribution in [2.75, 3.05) is 19.7 Å². The monoisotopic (exact) mass is 263 g/mol. The van der Waals surface area contributed by atoms with Crippen LogP contribution in [-0.2, 0) is 11.2 Å². The van der Waals surface area contributed by atoms with Gasteiger partial charge in [0.25, 0.3) is 0 Å². The molecule has 2 rings (SSSR count). The lowest BCUT2D eigenvalue weighted by atomic mass is 10.1. The van der Waals surface area contributed by atoms with E-state index < -0.39 is 0 Å². The fourth-order valence-electron chi connectivity index (χ4n) is 2.54. The van der Waals surface area contributed by atoms with Crippen LogP contribution in [0.3, 0.4) is 0 Å². The first kappa shape index (κ1) is 14.4. The van der Waals surface area contributed by atoms with Crippen molar-refractivity contribution in [2.24, 2.45) is 0 Å². The first-order chi connectivity index (χ1) is 9.00. The van der Waals surface area contributed by atoms with Gasteiger partial charge in [-0.3, -0.25) is 0 Å². The molecule has 1 heterocycles. The van der Waals surface area contributed by atoms with Crippen molar-refractivity contribution in [1.29, 1.82) is 0 Å². The molecule has 3 heteroatoms. The molecule has 1 N–H and O–H groups in total. The van der Waals surface area contributed by atoms with Gasteiger partial charge in [0.1, 0.15) is 11.9 Å². The van der Waals surface area contributed by atoms with Gasteiger partial charge in [-0.05, 0) is 39.3 Å². The summed E-state index contributed by atoms with van der Waals surface area (Å²) in [6, 6.07) is 6.40. The molecule has 106 valence electrons. The van der Waals surface area contributed by atoms with Crippen LogP contribution in [0.4, 0.5) is 0 Å². The lowest BCUT2D eigenvalue weighted by molar-refractivity contribution is -0.00980. The van der Waals surface area contributed by atoms with Crippen molar-refractivity contribution in [3.63, 3.8) is 0 Å².